The Hall–Kier alpha value is -3.24. The minimum absolute atomic E-state index is 0.210. The van der Waals surface area contributed by atoms with Crippen LogP contribution in [0.4, 0.5) is 0 Å². The molecule has 2 aromatic heterocycles. The number of H-pyrrole nitrogens is 2. The molecule has 0 atom stereocenters. The Labute approximate surface area is 405 Å². The summed E-state index contributed by atoms with van der Waals surface area (Å²) in [5.74, 6) is 0.420. The Balaban J connectivity index is 1.26. The molecule has 2 aromatic rings. The highest BCUT2D eigenvalue weighted by atomic mass is 16.2. The van der Waals surface area contributed by atoms with E-state index >= 15 is 0 Å². The molecule has 0 bridgehead atoms. The molecule has 3 heterocycles. The summed E-state index contributed by atoms with van der Waals surface area (Å²) in [6.45, 7) is 14.2. The fourth-order valence-electron chi connectivity index (χ4n) is 9.34. The van der Waals surface area contributed by atoms with E-state index in [-0.39, 0.29) is 11.8 Å². The van der Waals surface area contributed by atoms with Gasteiger partial charge in [-0.2, -0.15) is 0 Å². The smallest absolute Gasteiger partial charge is 0.228 e. The topological polar surface area (TPSA) is 104 Å². The van der Waals surface area contributed by atoms with Crippen LogP contribution in [0.15, 0.2) is 49.4 Å². The van der Waals surface area contributed by atoms with Crippen molar-refractivity contribution in [1.29, 1.82) is 0 Å². The van der Waals surface area contributed by atoms with E-state index in [1.165, 1.54) is 167 Å². The molecule has 10 heteroatoms. The van der Waals surface area contributed by atoms with Gasteiger partial charge in [0.2, 0.25) is 11.8 Å². The summed E-state index contributed by atoms with van der Waals surface area (Å²) in [6.07, 6.45) is 55.5. The number of aromatic nitrogens is 4. The van der Waals surface area contributed by atoms with Crippen LogP contribution in [-0.2, 0) is 22.4 Å². The highest BCUT2D eigenvalue weighted by Gasteiger charge is 2.20. The maximum Gasteiger partial charge on any atom is 0.228 e. The lowest BCUT2D eigenvalue weighted by Gasteiger charge is -2.35. The number of nitrogens with zero attached hydrogens (tertiary/aromatic N) is 6. The molecule has 3 rings (SSSR count). The number of hydrogen-bond acceptors (Lipinski definition) is 6. The monoisotopic (exact) mass is 917 g/mol. The van der Waals surface area contributed by atoms with Crippen molar-refractivity contribution in [2.45, 2.75) is 219 Å². The number of amides is 2. The summed E-state index contributed by atoms with van der Waals surface area (Å²) in [5.41, 5.74) is 1.79. The van der Waals surface area contributed by atoms with Crippen molar-refractivity contribution in [2.24, 2.45) is 0 Å². The molecule has 66 heavy (non-hydrogen) atoms. The first-order valence-corrected chi connectivity index (χ1v) is 27.8. The second-order valence-electron chi connectivity index (χ2n) is 19.5. The number of rotatable bonds is 44. The van der Waals surface area contributed by atoms with Crippen molar-refractivity contribution in [2.75, 3.05) is 65.4 Å². The second kappa shape index (κ2) is 40.8. The van der Waals surface area contributed by atoms with Crippen LogP contribution in [0.3, 0.4) is 0 Å². The van der Waals surface area contributed by atoms with E-state index in [0.717, 1.165) is 103 Å². The van der Waals surface area contributed by atoms with E-state index in [9.17, 15) is 9.59 Å². The highest BCUT2D eigenvalue weighted by molar-refractivity contribution is 5.78. The lowest BCUT2D eigenvalue weighted by molar-refractivity contribution is -0.131. The fraction of sp³-hybridized carbons (Fsp3) is 0.786. The normalized spacial score (nSPS) is 13.7. The number of hydrogen-bond donors (Lipinski definition) is 2. The van der Waals surface area contributed by atoms with Gasteiger partial charge in [0.05, 0.1) is 25.5 Å². The molecular formula is C56H100N8O2. The lowest BCUT2D eigenvalue weighted by Crippen LogP contribution is -2.47. The van der Waals surface area contributed by atoms with Gasteiger partial charge in [0.25, 0.3) is 0 Å². The Bertz CT molecular complexity index is 1330. The van der Waals surface area contributed by atoms with Crippen LogP contribution >= 0.6 is 0 Å². The van der Waals surface area contributed by atoms with E-state index in [1.54, 1.807) is 25.0 Å². The first kappa shape index (κ1) is 57.1. The molecule has 1 aliphatic heterocycles. The molecule has 2 amide bonds. The van der Waals surface area contributed by atoms with Gasteiger partial charge < -0.3 is 29.6 Å². The predicted octanol–water partition coefficient (Wildman–Crippen LogP) is 13.0. The average molecular weight is 917 g/mol. The van der Waals surface area contributed by atoms with Gasteiger partial charge >= 0.3 is 0 Å². The van der Waals surface area contributed by atoms with Crippen LogP contribution in [-0.4, -0.2) is 117 Å². The minimum Gasteiger partial charge on any atom is -0.348 e. The van der Waals surface area contributed by atoms with Gasteiger partial charge in [-0.25, -0.2) is 9.97 Å². The van der Waals surface area contributed by atoms with Crippen LogP contribution in [0, 0.1) is 0 Å². The van der Waals surface area contributed by atoms with E-state index in [1.807, 2.05) is 0 Å². The Morgan fingerprint density at radius 2 is 0.758 bits per heavy atom. The molecule has 376 valence electrons. The van der Waals surface area contributed by atoms with Crippen LogP contribution in [0.25, 0.3) is 0 Å². The molecule has 1 saturated heterocycles. The number of imidazole rings is 2. The van der Waals surface area contributed by atoms with Gasteiger partial charge in [0.15, 0.2) is 0 Å². The third-order valence-corrected chi connectivity index (χ3v) is 13.6. The van der Waals surface area contributed by atoms with E-state index in [2.05, 4.69) is 77.7 Å². The molecule has 0 aromatic carbocycles. The third-order valence-electron chi connectivity index (χ3n) is 13.6. The Morgan fingerprint density at radius 3 is 1.08 bits per heavy atom. The summed E-state index contributed by atoms with van der Waals surface area (Å²) in [6, 6.07) is 0. The van der Waals surface area contributed by atoms with Gasteiger partial charge in [-0.15, -0.1) is 0 Å². The van der Waals surface area contributed by atoms with Crippen LogP contribution in [0.2, 0.25) is 0 Å². The molecule has 1 fully saturated rings. The van der Waals surface area contributed by atoms with Gasteiger partial charge in [0.1, 0.15) is 0 Å². The number of nitrogens with one attached hydrogen (secondary N) is 2. The van der Waals surface area contributed by atoms with Gasteiger partial charge in [-0.1, -0.05) is 154 Å². The van der Waals surface area contributed by atoms with Crippen molar-refractivity contribution in [3.63, 3.8) is 0 Å². The van der Waals surface area contributed by atoms with E-state index in [4.69, 9.17) is 0 Å². The second-order valence-corrected chi connectivity index (χ2v) is 19.5. The number of piperazine rings is 1. The van der Waals surface area contributed by atoms with Crippen molar-refractivity contribution >= 4 is 11.8 Å². The number of unbranched alkanes of at least 4 members (excludes halogenated alkanes) is 24. The van der Waals surface area contributed by atoms with Crippen LogP contribution in [0.5, 0.6) is 0 Å². The third kappa shape index (κ3) is 30.2. The van der Waals surface area contributed by atoms with Gasteiger partial charge in [0, 0.05) is 76.1 Å². The minimum atomic E-state index is 0.210. The molecule has 10 nitrogen and oxygen atoms in total. The SMILES string of the molecule is CCCCCCCCC=CCCCCCCCCN(CCCN1CCN(CCCN(CCCCCCCCC=CCCCCCCCC)C(=O)Cc2cnc[nH]2)CC1)C(=O)Cc1cnc[nH]1. The first-order valence-electron chi connectivity index (χ1n) is 27.8. The van der Waals surface area contributed by atoms with Crippen LogP contribution in [0.1, 0.15) is 218 Å². The molecular weight excluding hydrogens is 817 g/mol. The zero-order chi connectivity index (χ0) is 46.8. The number of carbonyl (C=O) groups excluding carboxylic acids is 2. The van der Waals surface area contributed by atoms with Crippen LogP contribution < -0.4 is 0 Å². The Kier molecular flexibility index (Phi) is 35.3. The van der Waals surface area contributed by atoms with E-state index < -0.39 is 0 Å². The zero-order valence-electron chi connectivity index (χ0n) is 42.8. The largest absolute Gasteiger partial charge is 0.348 e. The first-order chi connectivity index (χ1) is 32.6. The number of aromatic amines is 2. The summed E-state index contributed by atoms with van der Waals surface area (Å²) in [4.78, 5) is 50.7. The standard InChI is InChI=1S/C56H100N8O2/c1-3-5-7-9-11-13-15-17-19-21-23-25-27-29-31-33-39-63(55(65)47-53-49-57-51-59-53)41-35-37-61-43-45-62(46-44-61)38-36-42-64(56(66)48-54-50-58-52-60-54)40-34-32-30-28-26-24-22-20-18-16-14-12-10-8-6-4-2/h17-20,49-52H,3-16,21-48H2,1-2H3,(H,57,59)(H,58,60). The number of carbonyl (C=O) groups is 2. The van der Waals surface area contributed by atoms with E-state index in [0.29, 0.717) is 12.8 Å². The maximum atomic E-state index is 13.4. The highest BCUT2D eigenvalue weighted by Crippen LogP contribution is 2.14. The molecule has 0 unspecified atom stereocenters. The van der Waals surface area contributed by atoms with Gasteiger partial charge in [-0.05, 0) is 90.1 Å². The summed E-state index contributed by atoms with van der Waals surface area (Å²) in [5, 5.41) is 0. The molecule has 1 aliphatic rings. The van der Waals surface area contributed by atoms with Crippen molar-refractivity contribution in [3.8, 4) is 0 Å². The molecule has 0 spiro atoms. The lowest BCUT2D eigenvalue weighted by atomic mass is 10.1. The molecule has 0 aliphatic carbocycles. The molecule has 2 N–H and O–H groups in total. The van der Waals surface area contributed by atoms with Crippen molar-refractivity contribution in [3.05, 3.63) is 60.7 Å². The van der Waals surface area contributed by atoms with Crippen molar-refractivity contribution < 1.29 is 9.59 Å². The summed E-state index contributed by atoms with van der Waals surface area (Å²) >= 11 is 0. The maximum absolute atomic E-state index is 13.4. The van der Waals surface area contributed by atoms with Crippen molar-refractivity contribution in [1.82, 2.24) is 39.5 Å². The van der Waals surface area contributed by atoms with Gasteiger partial charge in [-0.3, -0.25) is 9.59 Å². The number of allylic oxidation sites excluding steroid dienone is 4. The molecule has 0 radical (unpaired) electrons. The quantitative estimate of drug-likeness (QED) is 0.0507. The zero-order valence-corrected chi connectivity index (χ0v) is 42.8. The average Bonchev–Trinajstić information content (AvgIpc) is 4.05. The summed E-state index contributed by atoms with van der Waals surface area (Å²) < 4.78 is 0. The Morgan fingerprint density at radius 1 is 0.455 bits per heavy atom. The molecule has 0 saturated carbocycles. The predicted molar refractivity (Wildman–Crippen MR) is 279 cm³/mol. The fourth-order valence-corrected chi connectivity index (χ4v) is 9.34. The summed E-state index contributed by atoms with van der Waals surface area (Å²) in [7, 11) is 0.